The Hall–Kier alpha value is -3.74. The van der Waals surface area contributed by atoms with E-state index in [0.29, 0.717) is 24.4 Å². The normalized spacial score (nSPS) is 13.8. The maximum Gasteiger partial charge on any atom is 0.414 e. The highest BCUT2D eigenvalue weighted by Crippen LogP contribution is 2.22. The smallest absolute Gasteiger partial charge is 0.414 e. The summed E-state index contributed by atoms with van der Waals surface area (Å²) in [6, 6.07) is 13.0. The molecule has 7 heteroatoms. The first-order valence-electron chi connectivity index (χ1n) is 9.53. The SMILES string of the molecule is Cc1nn(-c2ccc(F)cc2)c(C)c1/C=C/C(=O)c1cccc(N2CCOC2=O)c1. The van der Waals surface area contributed by atoms with Gasteiger partial charge in [0.05, 0.1) is 17.9 Å². The largest absolute Gasteiger partial charge is 0.447 e. The minimum atomic E-state index is -0.408. The molecule has 1 amide bonds. The molecule has 0 N–H and O–H groups in total. The van der Waals surface area contributed by atoms with Crippen molar-refractivity contribution in [3.63, 3.8) is 0 Å². The minimum Gasteiger partial charge on any atom is -0.447 e. The number of aryl methyl sites for hydroxylation is 1. The van der Waals surface area contributed by atoms with Crippen molar-refractivity contribution in [2.75, 3.05) is 18.1 Å². The van der Waals surface area contributed by atoms with Gasteiger partial charge in [-0.25, -0.2) is 13.9 Å². The molecule has 1 saturated heterocycles. The Kier molecular flexibility index (Phi) is 5.18. The van der Waals surface area contributed by atoms with Gasteiger partial charge in [0, 0.05) is 22.5 Å². The number of amides is 1. The first-order chi connectivity index (χ1) is 14.4. The van der Waals surface area contributed by atoms with Crippen molar-refractivity contribution in [1.82, 2.24) is 9.78 Å². The molecule has 0 atom stereocenters. The van der Waals surface area contributed by atoms with Gasteiger partial charge >= 0.3 is 6.09 Å². The summed E-state index contributed by atoms with van der Waals surface area (Å²) in [4.78, 5) is 26.0. The summed E-state index contributed by atoms with van der Waals surface area (Å²) in [5, 5.41) is 4.51. The number of rotatable bonds is 5. The third-order valence-electron chi connectivity index (χ3n) is 5.02. The van der Waals surface area contributed by atoms with Gasteiger partial charge in [-0.05, 0) is 62.4 Å². The monoisotopic (exact) mass is 405 g/mol. The number of carbonyl (C=O) groups is 2. The van der Waals surface area contributed by atoms with Crippen LogP contribution in [0.25, 0.3) is 11.8 Å². The van der Waals surface area contributed by atoms with Crippen molar-refractivity contribution in [1.29, 1.82) is 0 Å². The Morgan fingerprint density at radius 2 is 1.90 bits per heavy atom. The number of carbonyl (C=O) groups excluding carboxylic acids is 2. The average molecular weight is 405 g/mol. The van der Waals surface area contributed by atoms with E-state index in [1.807, 2.05) is 13.8 Å². The second-order valence-corrected chi connectivity index (χ2v) is 6.99. The Morgan fingerprint density at radius 3 is 2.60 bits per heavy atom. The second-order valence-electron chi connectivity index (χ2n) is 6.99. The van der Waals surface area contributed by atoms with E-state index in [0.717, 1.165) is 22.6 Å². The molecule has 0 radical (unpaired) electrons. The van der Waals surface area contributed by atoms with Crippen LogP contribution in [0.15, 0.2) is 54.6 Å². The van der Waals surface area contributed by atoms with Gasteiger partial charge < -0.3 is 4.74 Å². The number of ether oxygens (including phenoxy) is 1. The standard InChI is InChI=1S/C23H20FN3O3/c1-15-21(16(2)27(25-15)19-8-6-18(24)7-9-19)10-11-22(28)17-4-3-5-20(14-17)26-12-13-30-23(26)29/h3-11,14H,12-13H2,1-2H3/b11-10+. The molecule has 152 valence electrons. The zero-order chi connectivity index (χ0) is 21.3. The molecule has 30 heavy (non-hydrogen) atoms. The van der Waals surface area contributed by atoms with Gasteiger partial charge in [-0.1, -0.05) is 12.1 Å². The average Bonchev–Trinajstić information content (AvgIpc) is 3.30. The Balaban J connectivity index is 1.58. The van der Waals surface area contributed by atoms with Gasteiger partial charge in [-0.15, -0.1) is 0 Å². The number of allylic oxidation sites excluding steroid dienone is 1. The van der Waals surface area contributed by atoms with Gasteiger partial charge in [0.25, 0.3) is 0 Å². The molecule has 0 aliphatic carbocycles. The lowest BCUT2D eigenvalue weighted by Gasteiger charge is -2.13. The molecular formula is C23H20FN3O3. The van der Waals surface area contributed by atoms with E-state index < -0.39 is 6.09 Å². The molecule has 0 saturated carbocycles. The van der Waals surface area contributed by atoms with Crippen LogP contribution in [0.4, 0.5) is 14.9 Å². The van der Waals surface area contributed by atoms with Crippen LogP contribution in [0.5, 0.6) is 0 Å². The number of anilines is 1. The van der Waals surface area contributed by atoms with Crippen molar-refractivity contribution >= 4 is 23.6 Å². The molecule has 0 spiro atoms. The molecule has 2 aromatic carbocycles. The fourth-order valence-electron chi connectivity index (χ4n) is 3.44. The summed E-state index contributed by atoms with van der Waals surface area (Å²) in [7, 11) is 0. The second kappa shape index (κ2) is 7.94. The highest BCUT2D eigenvalue weighted by Gasteiger charge is 2.23. The lowest BCUT2D eigenvalue weighted by Crippen LogP contribution is -2.23. The predicted molar refractivity (Wildman–Crippen MR) is 111 cm³/mol. The third-order valence-corrected chi connectivity index (χ3v) is 5.02. The molecule has 0 unspecified atom stereocenters. The number of benzene rings is 2. The zero-order valence-electron chi connectivity index (χ0n) is 16.6. The van der Waals surface area contributed by atoms with Crippen LogP contribution in [0, 0.1) is 19.7 Å². The summed E-state index contributed by atoms with van der Waals surface area (Å²) in [5.74, 6) is -0.492. The van der Waals surface area contributed by atoms with Crippen molar-refractivity contribution in [2.24, 2.45) is 0 Å². The van der Waals surface area contributed by atoms with Gasteiger partial charge in [0.2, 0.25) is 0 Å². The number of hydrogen-bond donors (Lipinski definition) is 0. The summed E-state index contributed by atoms with van der Waals surface area (Å²) in [6.07, 6.45) is 2.82. The van der Waals surface area contributed by atoms with E-state index in [4.69, 9.17) is 4.74 Å². The van der Waals surface area contributed by atoms with Gasteiger partial charge in [0.15, 0.2) is 5.78 Å². The lowest BCUT2D eigenvalue weighted by molar-refractivity contribution is 0.104. The lowest BCUT2D eigenvalue weighted by atomic mass is 10.1. The van der Waals surface area contributed by atoms with Crippen LogP contribution >= 0.6 is 0 Å². The van der Waals surface area contributed by atoms with Crippen LogP contribution in [0.2, 0.25) is 0 Å². The highest BCUT2D eigenvalue weighted by molar-refractivity contribution is 6.07. The Morgan fingerprint density at radius 1 is 1.13 bits per heavy atom. The molecule has 1 aliphatic heterocycles. The van der Waals surface area contributed by atoms with Gasteiger partial charge in [-0.3, -0.25) is 9.69 Å². The Labute approximate surface area is 173 Å². The molecule has 1 aliphatic rings. The summed E-state index contributed by atoms with van der Waals surface area (Å²) >= 11 is 0. The maximum atomic E-state index is 13.2. The van der Waals surface area contributed by atoms with Crippen molar-refractivity contribution < 1.29 is 18.7 Å². The van der Waals surface area contributed by atoms with Crippen LogP contribution in [0.1, 0.15) is 27.3 Å². The maximum absolute atomic E-state index is 13.2. The van der Waals surface area contributed by atoms with E-state index in [1.165, 1.54) is 23.1 Å². The molecule has 1 fully saturated rings. The molecule has 6 nitrogen and oxygen atoms in total. The van der Waals surface area contributed by atoms with E-state index in [1.54, 1.807) is 47.2 Å². The van der Waals surface area contributed by atoms with E-state index in [-0.39, 0.29) is 11.6 Å². The molecule has 0 bridgehead atoms. The quantitative estimate of drug-likeness (QED) is 0.464. The summed E-state index contributed by atoms with van der Waals surface area (Å²) in [6.45, 7) is 4.56. The molecular weight excluding hydrogens is 385 g/mol. The van der Waals surface area contributed by atoms with Gasteiger partial charge in [0.1, 0.15) is 12.4 Å². The fourth-order valence-corrected chi connectivity index (χ4v) is 3.44. The third kappa shape index (κ3) is 3.74. The number of nitrogens with zero attached hydrogens (tertiary/aromatic N) is 3. The first kappa shape index (κ1) is 19.6. The number of cyclic esters (lactones) is 1. The molecule has 3 aromatic rings. The molecule has 2 heterocycles. The zero-order valence-corrected chi connectivity index (χ0v) is 16.6. The van der Waals surface area contributed by atoms with Crippen LogP contribution in [-0.2, 0) is 4.74 Å². The molecule has 4 rings (SSSR count). The van der Waals surface area contributed by atoms with Crippen molar-refractivity contribution in [2.45, 2.75) is 13.8 Å². The first-order valence-corrected chi connectivity index (χ1v) is 9.53. The predicted octanol–water partition coefficient (Wildman–Crippen LogP) is 4.48. The number of halogens is 1. The summed E-state index contributed by atoms with van der Waals surface area (Å²) < 4.78 is 19.9. The van der Waals surface area contributed by atoms with E-state index in [2.05, 4.69) is 5.10 Å². The van der Waals surface area contributed by atoms with Gasteiger partial charge in [-0.2, -0.15) is 5.10 Å². The fraction of sp³-hybridized carbons (Fsp3) is 0.174. The number of ketones is 1. The topological polar surface area (TPSA) is 64.4 Å². The van der Waals surface area contributed by atoms with Crippen LogP contribution < -0.4 is 4.90 Å². The Bertz CT molecular complexity index is 1150. The van der Waals surface area contributed by atoms with E-state index in [9.17, 15) is 14.0 Å². The minimum absolute atomic E-state index is 0.183. The summed E-state index contributed by atoms with van der Waals surface area (Å²) in [5.41, 5.74) is 4.28. The van der Waals surface area contributed by atoms with Crippen molar-refractivity contribution in [3.8, 4) is 5.69 Å². The van der Waals surface area contributed by atoms with Crippen LogP contribution in [-0.4, -0.2) is 34.8 Å². The highest BCUT2D eigenvalue weighted by atomic mass is 19.1. The number of hydrogen-bond acceptors (Lipinski definition) is 4. The molecule has 1 aromatic heterocycles. The van der Waals surface area contributed by atoms with Crippen LogP contribution in [0.3, 0.4) is 0 Å². The van der Waals surface area contributed by atoms with Crippen molar-refractivity contribution in [3.05, 3.63) is 82.9 Å². The number of aromatic nitrogens is 2. The van der Waals surface area contributed by atoms with E-state index >= 15 is 0 Å².